The highest BCUT2D eigenvalue weighted by molar-refractivity contribution is 6.30. The van der Waals surface area contributed by atoms with Gasteiger partial charge in [-0.2, -0.15) is 0 Å². The molecule has 0 N–H and O–H groups in total. The maximum Gasteiger partial charge on any atom is 0.261 e. The van der Waals surface area contributed by atoms with Crippen LogP contribution in [0.4, 0.5) is 0 Å². The zero-order valence-electron chi connectivity index (χ0n) is 19.6. The summed E-state index contributed by atoms with van der Waals surface area (Å²) in [5.74, 6) is 0.676. The molecule has 1 amide bonds. The van der Waals surface area contributed by atoms with Crippen LogP contribution in [0.3, 0.4) is 0 Å². The Morgan fingerprint density at radius 1 is 0.941 bits per heavy atom. The Morgan fingerprint density at radius 2 is 1.59 bits per heavy atom. The number of hydrogen-bond acceptors (Lipinski definition) is 3. The van der Waals surface area contributed by atoms with Gasteiger partial charge in [0.2, 0.25) is 0 Å². The number of carbonyl (C=O) groups excluding carboxylic acids is 1. The molecule has 4 rings (SSSR count). The fourth-order valence-electron chi connectivity index (χ4n) is 4.13. The van der Waals surface area contributed by atoms with Crippen LogP contribution in [-0.2, 0) is 6.54 Å². The molecule has 6 heteroatoms. The van der Waals surface area contributed by atoms with E-state index in [9.17, 15) is 9.59 Å². The lowest BCUT2D eigenvalue weighted by Gasteiger charge is -2.32. The molecule has 0 saturated heterocycles. The topological polar surface area (TPSA) is 55.2 Å². The highest BCUT2D eigenvalue weighted by Gasteiger charge is 2.27. The number of hydrogen-bond donors (Lipinski definition) is 0. The standard InChI is InChI=1S/C28H28ClN3O2/c1-19(2)17-31(27(33)22-13-15-23(29)16-14-22)20(3)26-30-25-12-8-7-11-24(25)28(34)32(26)18-21-9-5-4-6-10-21/h4-16,19-20H,17-18H2,1-3H3. The Morgan fingerprint density at radius 3 is 2.26 bits per heavy atom. The van der Waals surface area contributed by atoms with Crippen LogP contribution in [-0.4, -0.2) is 26.9 Å². The minimum atomic E-state index is -0.424. The van der Waals surface area contributed by atoms with Gasteiger partial charge in [0, 0.05) is 17.1 Å². The van der Waals surface area contributed by atoms with Gasteiger partial charge < -0.3 is 4.90 Å². The second kappa shape index (κ2) is 10.2. The highest BCUT2D eigenvalue weighted by atomic mass is 35.5. The molecule has 0 aliphatic heterocycles. The molecule has 1 atom stereocenters. The third-order valence-electron chi connectivity index (χ3n) is 5.83. The molecule has 1 aromatic heterocycles. The van der Waals surface area contributed by atoms with Gasteiger partial charge >= 0.3 is 0 Å². The van der Waals surface area contributed by atoms with Crippen molar-refractivity contribution in [3.63, 3.8) is 0 Å². The van der Waals surface area contributed by atoms with Crippen molar-refractivity contribution >= 4 is 28.4 Å². The molecule has 3 aromatic carbocycles. The Balaban J connectivity index is 1.84. The van der Waals surface area contributed by atoms with Crippen LogP contribution in [0.25, 0.3) is 10.9 Å². The number of para-hydroxylation sites is 1. The Bertz CT molecular complexity index is 1350. The summed E-state index contributed by atoms with van der Waals surface area (Å²) < 4.78 is 1.70. The van der Waals surface area contributed by atoms with Crippen LogP contribution >= 0.6 is 11.6 Å². The number of amides is 1. The van der Waals surface area contributed by atoms with Gasteiger partial charge in [0.05, 0.1) is 23.5 Å². The molecular formula is C28H28ClN3O2. The lowest BCUT2D eigenvalue weighted by atomic mass is 10.1. The van der Waals surface area contributed by atoms with E-state index in [1.54, 1.807) is 39.8 Å². The maximum atomic E-state index is 13.6. The summed E-state index contributed by atoms with van der Waals surface area (Å²) in [6.45, 7) is 6.98. The lowest BCUT2D eigenvalue weighted by molar-refractivity contribution is 0.0653. The van der Waals surface area contributed by atoms with Gasteiger partial charge in [-0.25, -0.2) is 4.98 Å². The van der Waals surface area contributed by atoms with Gasteiger partial charge in [-0.15, -0.1) is 0 Å². The minimum absolute atomic E-state index is 0.111. The number of fused-ring (bicyclic) bond motifs is 1. The molecule has 1 unspecified atom stereocenters. The van der Waals surface area contributed by atoms with Crippen molar-refractivity contribution in [3.8, 4) is 0 Å². The van der Waals surface area contributed by atoms with E-state index in [-0.39, 0.29) is 17.4 Å². The molecular weight excluding hydrogens is 446 g/mol. The minimum Gasteiger partial charge on any atom is -0.328 e. The van der Waals surface area contributed by atoms with Crippen LogP contribution in [0.5, 0.6) is 0 Å². The van der Waals surface area contributed by atoms with Crippen molar-refractivity contribution < 1.29 is 4.79 Å². The fourth-order valence-corrected chi connectivity index (χ4v) is 4.26. The van der Waals surface area contributed by atoms with Crippen molar-refractivity contribution in [2.75, 3.05) is 6.54 Å². The van der Waals surface area contributed by atoms with Crippen LogP contribution in [0.1, 0.15) is 48.6 Å². The van der Waals surface area contributed by atoms with Crippen molar-refractivity contribution in [1.82, 2.24) is 14.5 Å². The van der Waals surface area contributed by atoms with E-state index in [1.165, 1.54) is 0 Å². The van der Waals surface area contributed by atoms with Crippen molar-refractivity contribution in [2.45, 2.75) is 33.4 Å². The number of rotatable bonds is 7. The van der Waals surface area contributed by atoms with Gasteiger partial charge in [-0.1, -0.05) is 67.9 Å². The predicted octanol–water partition coefficient (Wildman–Crippen LogP) is 5.96. The van der Waals surface area contributed by atoms with E-state index in [4.69, 9.17) is 16.6 Å². The van der Waals surface area contributed by atoms with E-state index in [2.05, 4.69) is 13.8 Å². The van der Waals surface area contributed by atoms with E-state index in [0.717, 1.165) is 5.56 Å². The van der Waals surface area contributed by atoms with Crippen molar-refractivity contribution in [3.05, 3.63) is 111 Å². The number of halogens is 1. The van der Waals surface area contributed by atoms with Gasteiger partial charge in [0.1, 0.15) is 5.82 Å². The monoisotopic (exact) mass is 473 g/mol. The summed E-state index contributed by atoms with van der Waals surface area (Å²) in [6.07, 6.45) is 0. The number of nitrogens with zero attached hydrogens (tertiary/aromatic N) is 3. The molecule has 0 saturated carbocycles. The number of aromatic nitrogens is 2. The first-order chi connectivity index (χ1) is 16.3. The third-order valence-corrected chi connectivity index (χ3v) is 6.08. The normalized spacial score (nSPS) is 12.1. The van der Waals surface area contributed by atoms with E-state index < -0.39 is 6.04 Å². The smallest absolute Gasteiger partial charge is 0.261 e. The maximum absolute atomic E-state index is 13.6. The Labute approximate surface area is 204 Å². The predicted molar refractivity (Wildman–Crippen MR) is 137 cm³/mol. The molecule has 0 radical (unpaired) electrons. The van der Waals surface area contributed by atoms with Crippen LogP contribution < -0.4 is 5.56 Å². The van der Waals surface area contributed by atoms with Crippen LogP contribution in [0, 0.1) is 5.92 Å². The second-order valence-corrected chi connectivity index (χ2v) is 9.33. The number of carbonyl (C=O) groups is 1. The molecule has 1 heterocycles. The molecule has 0 aliphatic carbocycles. The summed E-state index contributed by atoms with van der Waals surface area (Å²) in [4.78, 5) is 33.9. The first-order valence-corrected chi connectivity index (χ1v) is 11.8. The van der Waals surface area contributed by atoms with Gasteiger partial charge in [-0.05, 0) is 54.8 Å². The van der Waals surface area contributed by atoms with Crippen LogP contribution in [0.15, 0.2) is 83.7 Å². The Kier molecular flexibility index (Phi) is 7.13. The zero-order chi connectivity index (χ0) is 24.2. The van der Waals surface area contributed by atoms with Gasteiger partial charge in [0.15, 0.2) is 0 Å². The average molecular weight is 474 g/mol. The fraction of sp³-hybridized carbons (Fsp3) is 0.250. The third kappa shape index (κ3) is 5.05. The number of benzene rings is 3. The second-order valence-electron chi connectivity index (χ2n) is 8.90. The summed E-state index contributed by atoms with van der Waals surface area (Å²) in [5.41, 5.74) is 2.06. The molecule has 0 fully saturated rings. The first-order valence-electron chi connectivity index (χ1n) is 11.4. The molecule has 0 bridgehead atoms. The summed E-state index contributed by atoms with van der Waals surface area (Å²) in [5, 5.41) is 1.14. The van der Waals surface area contributed by atoms with E-state index in [1.807, 2.05) is 55.5 Å². The molecule has 0 spiro atoms. The highest BCUT2D eigenvalue weighted by Crippen LogP contribution is 2.24. The summed E-state index contributed by atoms with van der Waals surface area (Å²) in [7, 11) is 0. The molecule has 0 aliphatic rings. The van der Waals surface area contributed by atoms with Gasteiger partial charge in [0.25, 0.3) is 11.5 Å². The summed E-state index contributed by atoms with van der Waals surface area (Å²) >= 11 is 6.04. The van der Waals surface area contributed by atoms with E-state index >= 15 is 0 Å². The first kappa shape index (κ1) is 23.7. The molecule has 34 heavy (non-hydrogen) atoms. The quantitative estimate of drug-likeness (QED) is 0.333. The zero-order valence-corrected chi connectivity index (χ0v) is 20.4. The molecule has 174 valence electrons. The van der Waals surface area contributed by atoms with Gasteiger partial charge in [-0.3, -0.25) is 14.2 Å². The SMILES string of the molecule is CC(C)CN(C(=O)c1ccc(Cl)cc1)C(C)c1nc2ccccc2c(=O)n1Cc1ccccc1. The Hall–Kier alpha value is -3.44. The lowest BCUT2D eigenvalue weighted by Crippen LogP contribution is -2.40. The van der Waals surface area contributed by atoms with Crippen LogP contribution in [0.2, 0.25) is 5.02 Å². The van der Waals surface area contributed by atoms with E-state index in [0.29, 0.717) is 40.4 Å². The molecule has 4 aromatic rings. The molecule has 5 nitrogen and oxygen atoms in total. The largest absolute Gasteiger partial charge is 0.328 e. The average Bonchev–Trinajstić information content (AvgIpc) is 2.84. The van der Waals surface area contributed by atoms with Crippen molar-refractivity contribution in [1.29, 1.82) is 0 Å². The van der Waals surface area contributed by atoms with Crippen molar-refractivity contribution in [2.24, 2.45) is 5.92 Å². The summed E-state index contributed by atoms with van der Waals surface area (Å²) in [6, 6.07) is 23.6.